The highest BCUT2D eigenvalue weighted by atomic mass is 35.5. The zero-order valence-electron chi connectivity index (χ0n) is 12.4. The molecule has 6 heteroatoms. The SMILES string of the molecule is CCC1OCCC1Cn1c(CCl)nc2ccc(OC)nc21. The highest BCUT2D eigenvalue weighted by molar-refractivity contribution is 6.16. The molecule has 0 aromatic carbocycles. The summed E-state index contributed by atoms with van der Waals surface area (Å²) in [5.74, 6) is 2.32. The van der Waals surface area contributed by atoms with E-state index in [-0.39, 0.29) is 0 Å². The molecule has 2 atom stereocenters. The first-order valence-corrected chi connectivity index (χ1v) is 7.88. The Bertz CT molecular complexity index is 629. The van der Waals surface area contributed by atoms with Crippen molar-refractivity contribution in [3.05, 3.63) is 18.0 Å². The number of rotatable bonds is 5. The van der Waals surface area contributed by atoms with Crippen molar-refractivity contribution in [3.63, 3.8) is 0 Å². The Labute approximate surface area is 129 Å². The third-order valence-corrected chi connectivity index (χ3v) is 4.38. The van der Waals surface area contributed by atoms with E-state index in [0.717, 1.165) is 43.0 Å². The van der Waals surface area contributed by atoms with E-state index in [4.69, 9.17) is 21.1 Å². The lowest BCUT2D eigenvalue weighted by molar-refractivity contribution is 0.0836. The molecule has 2 aromatic rings. The van der Waals surface area contributed by atoms with Gasteiger partial charge in [0.2, 0.25) is 5.88 Å². The maximum atomic E-state index is 6.06. The minimum Gasteiger partial charge on any atom is -0.481 e. The number of hydrogen-bond donors (Lipinski definition) is 0. The molecule has 2 aromatic heterocycles. The quantitative estimate of drug-likeness (QED) is 0.797. The van der Waals surface area contributed by atoms with E-state index in [1.165, 1.54) is 0 Å². The van der Waals surface area contributed by atoms with Crippen LogP contribution in [0.4, 0.5) is 0 Å². The highest BCUT2D eigenvalue weighted by Crippen LogP contribution is 2.28. The Morgan fingerprint density at radius 3 is 3.00 bits per heavy atom. The molecule has 0 aliphatic carbocycles. The molecule has 0 amide bonds. The maximum absolute atomic E-state index is 6.06. The summed E-state index contributed by atoms with van der Waals surface area (Å²) in [6.45, 7) is 3.85. The fraction of sp³-hybridized carbons (Fsp3) is 0.600. The van der Waals surface area contributed by atoms with Crippen LogP contribution in [0.3, 0.4) is 0 Å². The molecule has 1 aliphatic heterocycles. The van der Waals surface area contributed by atoms with E-state index in [1.807, 2.05) is 12.1 Å². The molecule has 1 fully saturated rings. The molecule has 3 rings (SSSR count). The van der Waals surface area contributed by atoms with Crippen molar-refractivity contribution in [3.8, 4) is 5.88 Å². The topological polar surface area (TPSA) is 49.2 Å². The fourth-order valence-corrected chi connectivity index (χ4v) is 3.23. The predicted molar refractivity (Wildman–Crippen MR) is 81.8 cm³/mol. The summed E-state index contributed by atoms with van der Waals surface area (Å²) in [6.07, 6.45) is 2.42. The van der Waals surface area contributed by atoms with Gasteiger partial charge in [0.05, 0.1) is 19.1 Å². The molecule has 21 heavy (non-hydrogen) atoms. The van der Waals surface area contributed by atoms with Crippen molar-refractivity contribution < 1.29 is 9.47 Å². The Balaban J connectivity index is 1.98. The monoisotopic (exact) mass is 309 g/mol. The van der Waals surface area contributed by atoms with Gasteiger partial charge in [0, 0.05) is 25.1 Å². The molecule has 5 nitrogen and oxygen atoms in total. The van der Waals surface area contributed by atoms with E-state index in [1.54, 1.807) is 7.11 Å². The average Bonchev–Trinajstić information content (AvgIpc) is 3.11. The number of ether oxygens (including phenoxy) is 2. The van der Waals surface area contributed by atoms with Crippen LogP contribution in [0.1, 0.15) is 25.6 Å². The zero-order chi connectivity index (χ0) is 14.8. The lowest BCUT2D eigenvalue weighted by atomic mass is 9.99. The van der Waals surface area contributed by atoms with Gasteiger partial charge in [-0.05, 0) is 18.9 Å². The van der Waals surface area contributed by atoms with Gasteiger partial charge in [-0.15, -0.1) is 11.6 Å². The smallest absolute Gasteiger partial charge is 0.215 e. The zero-order valence-corrected chi connectivity index (χ0v) is 13.1. The number of aromatic nitrogens is 3. The summed E-state index contributed by atoms with van der Waals surface area (Å²) >= 11 is 6.06. The van der Waals surface area contributed by atoms with Crippen molar-refractivity contribution in [1.82, 2.24) is 14.5 Å². The standard InChI is InChI=1S/C15H20ClN3O2/c1-3-12-10(6-7-21-12)9-19-13(8-16)17-11-4-5-14(20-2)18-15(11)19/h4-5,10,12H,3,6-9H2,1-2H3. The molecular formula is C15H20ClN3O2. The number of hydrogen-bond acceptors (Lipinski definition) is 4. The molecule has 0 bridgehead atoms. The van der Waals surface area contributed by atoms with Crippen molar-refractivity contribution in [2.45, 2.75) is 38.3 Å². The van der Waals surface area contributed by atoms with Gasteiger partial charge in [-0.1, -0.05) is 6.92 Å². The normalized spacial score (nSPS) is 22.0. The number of halogens is 1. The summed E-state index contributed by atoms with van der Waals surface area (Å²) in [7, 11) is 1.62. The van der Waals surface area contributed by atoms with Crippen molar-refractivity contribution in [2.24, 2.45) is 5.92 Å². The summed E-state index contributed by atoms with van der Waals surface area (Å²) in [4.78, 5) is 9.11. The largest absolute Gasteiger partial charge is 0.481 e. The second kappa shape index (κ2) is 6.20. The van der Waals surface area contributed by atoms with Crippen LogP contribution in [-0.2, 0) is 17.2 Å². The Morgan fingerprint density at radius 2 is 2.29 bits per heavy atom. The Kier molecular flexibility index (Phi) is 4.31. The van der Waals surface area contributed by atoms with E-state index in [9.17, 15) is 0 Å². The second-order valence-corrected chi connectivity index (χ2v) is 5.60. The van der Waals surface area contributed by atoms with E-state index in [2.05, 4.69) is 21.5 Å². The molecule has 0 spiro atoms. The van der Waals surface area contributed by atoms with Gasteiger partial charge in [-0.3, -0.25) is 0 Å². The molecule has 114 valence electrons. The van der Waals surface area contributed by atoms with Crippen LogP contribution in [0, 0.1) is 5.92 Å². The third kappa shape index (κ3) is 2.72. The van der Waals surface area contributed by atoms with Crippen molar-refractivity contribution >= 4 is 22.8 Å². The van der Waals surface area contributed by atoms with Crippen LogP contribution in [-0.4, -0.2) is 34.4 Å². The molecule has 3 heterocycles. The van der Waals surface area contributed by atoms with E-state index in [0.29, 0.717) is 23.8 Å². The van der Waals surface area contributed by atoms with Crippen molar-refractivity contribution in [2.75, 3.05) is 13.7 Å². The second-order valence-electron chi connectivity index (χ2n) is 5.33. The van der Waals surface area contributed by atoms with Crippen LogP contribution in [0.5, 0.6) is 5.88 Å². The first kappa shape index (κ1) is 14.6. The summed E-state index contributed by atoms with van der Waals surface area (Å²) in [5.41, 5.74) is 1.70. The number of alkyl halides is 1. The minimum absolute atomic E-state index is 0.316. The summed E-state index contributed by atoms with van der Waals surface area (Å²) in [6, 6.07) is 3.75. The number of methoxy groups -OCH3 is 1. The van der Waals surface area contributed by atoms with Gasteiger partial charge in [0.25, 0.3) is 0 Å². The van der Waals surface area contributed by atoms with Gasteiger partial charge in [0.15, 0.2) is 5.65 Å². The fourth-order valence-electron chi connectivity index (χ4n) is 3.03. The summed E-state index contributed by atoms with van der Waals surface area (Å²) in [5, 5.41) is 0. The van der Waals surface area contributed by atoms with Crippen LogP contribution in [0.25, 0.3) is 11.2 Å². The number of nitrogens with zero attached hydrogens (tertiary/aromatic N) is 3. The minimum atomic E-state index is 0.316. The molecule has 0 radical (unpaired) electrons. The molecule has 0 saturated carbocycles. The van der Waals surface area contributed by atoms with Gasteiger partial charge >= 0.3 is 0 Å². The van der Waals surface area contributed by atoms with Crippen molar-refractivity contribution in [1.29, 1.82) is 0 Å². The van der Waals surface area contributed by atoms with Gasteiger partial charge in [-0.25, -0.2) is 4.98 Å². The maximum Gasteiger partial charge on any atom is 0.215 e. The van der Waals surface area contributed by atoms with E-state index < -0.39 is 0 Å². The lowest BCUT2D eigenvalue weighted by Gasteiger charge is -2.18. The van der Waals surface area contributed by atoms with Crippen LogP contribution < -0.4 is 4.74 Å². The first-order valence-electron chi connectivity index (χ1n) is 7.34. The molecule has 0 N–H and O–H groups in total. The average molecular weight is 310 g/mol. The van der Waals surface area contributed by atoms with Gasteiger partial charge in [0.1, 0.15) is 11.3 Å². The number of imidazole rings is 1. The predicted octanol–water partition coefficient (Wildman–Crippen LogP) is 2.99. The third-order valence-electron chi connectivity index (χ3n) is 4.14. The lowest BCUT2D eigenvalue weighted by Crippen LogP contribution is -2.21. The molecule has 1 aliphatic rings. The molecule has 1 saturated heterocycles. The number of fused-ring (bicyclic) bond motifs is 1. The number of pyridine rings is 1. The van der Waals surface area contributed by atoms with E-state index >= 15 is 0 Å². The Morgan fingerprint density at radius 1 is 1.43 bits per heavy atom. The Hall–Kier alpha value is -1.33. The van der Waals surface area contributed by atoms with Gasteiger partial charge in [-0.2, -0.15) is 4.98 Å². The van der Waals surface area contributed by atoms with Gasteiger partial charge < -0.3 is 14.0 Å². The van der Waals surface area contributed by atoms with Crippen LogP contribution >= 0.6 is 11.6 Å². The summed E-state index contributed by atoms with van der Waals surface area (Å²) < 4.78 is 13.1. The first-order chi connectivity index (χ1) is 10.3. The molecular weight excluding hydrogens is 290 g/mol. The van der Waals surface area contributed by atoms with Crippen LogP contribution in [0.15, 0.2) is 12.1 Å². The highest BCUT2D eigenvalue weighted by Gasteiger charge is 2.28. The van der Waals surface area contributed by atoms with Crippen LogP contribution in [0.2, 0.25) is 0 Å². The molecule has 2 unspecified atom stereocenters.